The van der Waals surface area contributed by atoms with Gasteiger partial charge in [0.15, 0.2) is 0 Å². The van der Waals surface area contributed by atoms with Crippen LogP contribution in [-0.2, 0) is 6.42 Å². The van der Waals surface area contributed by atoms with Gasteiger partial charge in [0.2, 0.25) is 0 Å². The number of benzene rings is 1. The van der Waals surface area contributed by atoms with E-state index >= 15 is 0 Å². The second-order valence-electron chi connectivity index (χ2n) is 6.48. The second kappa shape index (κ2) is 4.38. The molecule has 1 nitrogen and oxygen atoms in total. The molecule has 96 valence electrons. The molecule has 1 N–H and O–H groups in total. The van der Waals surface area contributed by atoms with Gasteiger partial charge in [0.25, 0.3) is 0 Å². The first-order chi connectivity index (χ1) is 8.93. The third kappa shape index (κ3) is 1.80. The Labute approximate surface area is 110 Å². The minimum absolute atomic E-state index is 0.836. The molecular weight excluding hydrogens is 218 g/mol. The van der Waals surface area contributed by atoms with E-state index in [-0.39, 0.29) is 0 Å². The molecule has 2 saturated carbocycles. The van der Waals surface area contributed by atoms with Crippen LogP contribution in [0.1, 0.15) is 49.1 Å². The van der Waals surface area contributed by atoms with Crippen LogP contribution in [-0.4, -0.2) is 12.6 Å². The van der Waals surface area contributed by atoms with Crippen LogP contribution < -0.4 is 5.32 Å². The fourth-order valence-corrected chi connectivity index (χ4v) is 4.42. The lowest BCUT2D eigenvalue weighted by atomic mass is 9.92. The van der Waals surface area contributed by atoms with Crippen LogP contribution in [0.25, 0.3) is 0 Å². The predicted molar refractivity (Wildman–Crippen MR) is 74.7 cm³/mol. The molecule has 1 aromatic rings. The molecule has 1 aromatic carbocycles. The zero-order valence-corrected chi connectivity index (χ0v) is 11.1. The molecule has 1 heteroatoms. The van der Waals surface area contributed by atoms with Crippen molar-refractivity contribution in [1.82, 2.24) is 5.32 Å². The van der Waals surface area contributed by atoms with Crippen molar-refractivity contribution in [3.63, 3.8) is 0 Å². The summed E-state index contributed by atoms with van der Waals surface area (Å²) in [7, 11) is 0. The molecule has 2 fully saturated rings. The Morgan fingerprint density at radius 1 is 1.06 bits per heavy atom. The van der Waals surface area contributed by atoms with Crippen molar-refractivity contribution in [3.05, 3.63) is 35.4 Å². The van der Waals surface area contributed by atoms with Gasteiger partial charge in [-0.1, -0.05) is 37.1 Å². The summed E-state index contributed by atoms with van der Waals surface area (Å²) in [5.41, 5.74) is 3.30. The summed E-state index contributed by atoms with van der Waals surface area (Å²) in [6.07, 6.45) is 8.46. The zero-order chi connectivity index (χ0) is 11.9. The van der Waals surface area contributed by atoms with Gasteiger partial charge in [-0.05, 0) is 61.1 Å². The molecule has 4 rings (SSSR count). The molecule has 3 aliphatic rings. The molecule has 0 spiro atoms. The number of aryl methyl sites for hydroxylation is 1. The molecule has 3 aliphatic carbocycles. The molecule has 0 aliphatic heterocycles. The van der Waals surface area contributed by atoms with Crippen molar-refractivity contribution >= 4 is 0 Å². The lowest BCUT2D eigenvalue weighted by molar-refractivity contribution is 0.489. The smallest absolute Gasteiger partial charge is 0.00671 e. The van der Waals surface area contributed by atoms with Gasteiger partial charge < -0.3 is 5.32 Å². The van der Waals surface area contributed by atoms with Gasteiger partial charge in [-0.2, -0.15) is 0 Å². The second-order valence-corrected chi connectivity index (χ2v) is 6.48. The first-order valence-electron chi connectivity index (χ1n) is 7.74. The van der Waals surface area contributed by atoms with Crippen molar-refractivity contribution in [2.75, 3.05) is 6.54 Å². The first kappa shape index (κ1) is 11.0. The van der Waals surface area contributed by atoms with Gasteiger partial charge in [0, 0.05) is 6.04 Å². The molecule has 18 heavy (non-hydrogen) atoms. The summed E-state index contributed by atoms with van der Waals surface area (Å²) in [6, 6.07) is 9.98. The molecule has 0 radical (unpaired) electrons. The van der Waals surface area contributed by atoms with Crippen molar-refractivity contribution in [1.29, 1.82) is 0 Å². The van der Waals surface area contributed by atoms with Crippen LogP contribution in [0.15, 0.2) is 24.3 Å². The third-order valence-electron chi connectivity index (χ3n) is 5.49. The van der Waals surface area contributed by atoms with Gasteiger partial charge in [0.1, 0.15) is 0 Å². The van der Waals surface area contributed by atoms with Gasteiger partial charge in [-0.15, -0.1) is 0 Å². The van der Waals surface area contributed by atoms with Crippen LogP contribution in [0.5, 0.6) is 0 Å². The van der Waals surface area contributed by atoms with E-state index in [0.29, 0.717) is 0 Å². The summed E-state index contributed by atoms with van der Waals surface area (Å²) in [6.45, 7) is 1.27. The Morgan fingerprint density at radius 3 is 2.78 bits per heavy atom. The highest BCUT2D eigenvalue weighted by molar-refractivity contribution is 5.39. The van der Waals surface area contributed by atoms with Gasteiger partial charge in [-0.3, -0.25) is 0 Å². The largest absolute Gasteiger partial charge is 0.314 e. The summed E-state index contributed by atoms with van der Waals surface area (Å²) in [4.78, 5) is 0. The fourth-order valence-electron chi connectivity index (χ4n) is 4.42. The molecule has 0 heterocycles. The highest BCUT2D eigenvalue weighted by Crippen LogP contribution is 2.59. The summed E-state index contributed by atoms with van der Waals surface area (Å²) in [5.74, 6) is 2.83. The highest BCUT2D eigenvalue weighted by Gasteiger charge is 2.52. The minimum Gasteiger partial charge on any atom is -0.314 e. The summed E-state index contributed by atoms with van der Waals surface area (Å²) >= 11 is 0. The molecule has 3 unspecified atom stereocenters. The third-order valence-corrected chi connectivity index (χ3v) is 5.49. The fraction of sp³-hybridized carbons (Fsp3) is 0.647. The number of hydrogen-bond acceptors (Lipinski definition) is 1. The topological polar surface area (TPSA) is 12.0 Å². The molecule has 0 saturated heterocycles. The maximum absolute atomic E-state index is 3.83. The van der Waals surface area contributed by atoms with Crippen LogP contribution >= 0.6 is 0 Å². The van der Waals surface area contributed by atoms with E-state index < -0.39 is 0 Å². The predicted octanol–water partition coefficient (Wildman–Crippen LogP) is 3.49. The number of nitrogens with one attached hydrogen (secondary N) is 1. The van der Waals surface area contributed by atoms with E-state index in [1.54, 1.807) is 11.1 Å². The Hall–Kier alpha value is -0.820. The Kier molecular flexibility index (Phi) is 2.69. The number of hydrogen-bond donors (Lipinski definition) is 1. The van der Waals surface area contributed by atoms with Crippen LogP contribution in [0.4, 0.5) is 0 Å². The average Bonchev–Trinajstić information content (AvgIpc) is 2.88. The van der Waals surface area contributed by atoms with Gasteiger partial charge in [0.05, 0.1) is 0 Å². The average molecular weight is 241 g/mol. The maximum atomic E-state index is 3.83. The quantitative estimate of drug-likeness (QED) is 0.854. The molecule has 0 amide bonds. The number of fused-ring (bicyclic) bond motifs is 3. The van der Waals surface area contributed by atoms with Crippen LogP contribution in [0.2, 0.25) is 0 Å². The molecular formula is C17H23N. The SMILES string of the molecule is c1ccc2c(c1)CCC1C(CNC3CCCC3)C21. The van der Waals surface area contributed by atoms with E-state index in [4.69, 9.17) is 0 Å². The van der Waals surface area contributed by atoms with Crippen molar-refractivity contribution in [2.45, 2.75) is 50.5 Å². The summed E-state index contributed by atoms with van der Waals surface area (Å²) in [5, 5.41) is 3.83. The molecule has 3 atom stereocenters. The molecule has 0 bridgehead atoms. The van der Waals surface area contributed by atoms with Gasteiger partial charge >= 0.3 is 0 Å². The van der Waals surface area contributed by atoms with E-state index in [1.807, 2.05) is 0 Å². The lowest BCUT2D eigenvalue weighted by Crippen LogP contribution is -2.28. The standard InChI is InChI=1S/C17H23N/c1-4-8-14-12(5-1)9-10-15-16(17(14)15)11-18-13-6-2-3-7-13/h1,4-5,8,13,15-18H,2-3,6-7,9-11H2. The van der Waals surface area contributed by atoms with E-state index in [2.05, 4.69) is 29.6 Å². The first-order valence-corrected chi connectivity index (χ1v) is 7.74. The van der Waals surface area contributed by atoms with Crippen molar-refractivity contribution in [3.8, 4) is 0 Å². The van der Waals surface area contributed by atoms with E-state index in [1.165, 1.54) is 45.1 Å². The van der Waals surface area contributed by atoms with Gasteiger partial charge in [-0.25, -0.2) is 0 Å². The van der Waals surface area contributed by atoms with Crippen LogP contribution in [0.3, 0.4) is 0 Å². The Morgan fingerprint density at radius 2 is 1.89 bits per heavy atom. The molecule has 0 aromatic heterocycles. The minimum atomic E-state index is 0.836. The normalized spacial score (nSPS) is 34.1. The maximum Gasteiger partial charge on any atom is 0.00671 e. The Bertz CT molecular complexity index is 433. The van der Waals surface area contributed by atoms with Crippen molar-refractivity contribution in [2.24, 2.45) is 11.8 Å². The lowest BCUT2D eigenvalue weighted by Gasteiger charge is -2.13. The van der Waals surface area contributed by atoms with E-state index in [9.17, 15) is 0 Å². The summed E-state index contributed by atoms with van der Waals surface area (Å²) < 4.78 is 0. The Balaban J connectivity index is 1.42. The van der Waals surface area contributed by atoms with Crippen LogP contribution in [0, 0.1) is 11.8 Å². The zero-order valence-electron chi connectivity index (χ0n) is 11.1. The monoisotopic (exact) mass is 241 g/mol. The van der Waals surface area contributed by atoms with E-state index in [0.717, 1.165) is 23.8 Å². The highest BCUT2D eigenvalue weighted by atomic mass is 14.9. The number of rotatable bonds is 3. The van der Waals surface area contributed by atoms with Crippen molar-refractivity contribution < 1.29 is 0 Å².